The smallest absolute Gasteiger partial charge is 0.311 e. The second kappa shape index (κ2) is 2.81. The average Bonchev–Trinajstić information content (AvgIpc) is 1.87. The zero-order valence-corrected chi connectivity index (χ0v) is 7.51. The van der Waals surface area contributed by atoms with Crippen LogP contribution in [-0.4, -0.2) is 21.8 Å². The van der Waals surface area contributed by atoms with Gasteiger partial charge >= 0.3 is 5.97 Å². The molecule has 1 unspecified atom stereocenters. The average molecular weight is 160 g/mol. The third-order valence-electron chi connectivity index (χ3n) is 2.57. The van der Waals surface area contributed by atoms with Crippen molar-refractivity contribution in [2.75, 3.05) is 0 Å². The zero-order valence-electron chi connectivity index (χ0n) is 7.51. The second-order valence-electron chi connectivity index (χ2n) is 3.56. The summed E-state index contributed by atoms with van der Waals surface area (Å²) in [6.07, 6.45) is 0.437. The van der Waals surface area contributed by atoms with E-state index in [0.29, 0.717) is 6.42 Å². The fourth-order valence-electron chi connectivity index (χ4n) is 0.672. The summed E-state index contributed by atoms with van der Waals surface area (Å²) < 4.78 is 0. The predicted molar refractivity (Wildman–Crippen MR) is 42.3 cm³/mol. The first-order valence-corrected chi connectivity index (χ1v) is 3.71. The van der Waals surface area contributed by atoms with Crippen LogP contribution in [0.15, 0.2) is 0 Å². The highest BCUT2D eigenvalue weighted by Crippen LogP contribution is 2.33. The highest BCUT2D eigenvalue weighted by molar-refractivity contribution is 5.75. The van der Waals surface area contributed by atoms with E-state index in [1.54, 1.807) is 13.8 Å². The topological polar surface area (TPSA) is 57.5 Å². The fraction of sp³-hybridized carbons (Fsp3) is 0.875. The fourth-order valence-corrected chi connectivity index (χ4v) is 0.672. The molecule has 0 saturated carbocycles. The maximum Gasteiger partial charge on any atom is 0.311 e. The van der Waals surface area contributed by atoms with Gasteiger partial charge in [-0.05, 0) is 27.2 Å². The molecule has 0 aromatic carbocycles. The van der Waals surface area contributed by atoms with Crippen LogP contribution < -0.4 is 0 Å². The van der Waals surface area contributed by atoms with Crippen molar-refractivity contribution in [1.29, 1.82) is 0 Å². The van der Waals surface area contributed by atoms with Crippen LogP contribution in [-0.2, 0) is 4.79 Å². The van der Waals surface area contributed by atoms with E-state index in [4.69, 9.17) is 5.11 Å². The lowest BCUT2D eigenvalue weighted by molar-refractivity contribution is -0.162. The van der Waals surface area contributed by atoms with Gasteiger partial charge in [-0.2, -0.15) is 0 Å². The quantitative estimate of drug-likeness (QED) is 0.653. The SMILES string of the molecule is CCC(C)(O)C(C)(C)C(=O)O. The molecule has 0 radical (unpaired) electrons. The van der Waals surface area contributed by atoms with E-state index in [2.05, 4.69) is 0 Å². The molecule has 0 aromatic rings. The van der Waals surface area contributed by atoms with E-state index < -0.39 is 17.0 Å². The van der Waals surface area contributed by atoms with Crippen LogP contribution in [0.3, 0.4) is 0 Å². The van der Waals surface area contributed by atoms with Crippen LogP contribution in [0.5, 0.6) is 0 Å². The molecule has 0 amide bonds. The monoisotopic (exact) mass is 160 g/mol. The summed E-state index contributed by atoms with van der Waals surface area (Å²) in [4.78, 5) is 10.7. The van der Waals surface area contributed by atoms with Crippen molar-refractivity contribution in [2.24, 2.45) is 5.41 Å². The first kappa shape index (κ1) is 10.4. The van der Waals surface area contributed by atoms with Crippen LogP contribution in [0.2, 0.25) is 0 Å². The van der Waals surface area contributed by atoms with Crippen LogP contribution in [0, 0.1) is 5.41 Å². The van der Waals surface area contributed by atoms with Gasteiger partial charge < -0.3 is 10.2 Å². The largest absolute Gasteiger partial charge is 0.481 e. The Labute approximate surface area is 67.0 Å². The zero-order chi connectivity index (χ0) is 9.28. The van der Waals surface area contributed by atoms with Crippen molar-refractivity contribution in [3.63, 3.8) is 0 Å². The van der Waals surface area contributed by atoms with Crippen molar-refractivity contribution in [3.8, 4) is 0 Å². The number of carbonyl (C=O) groups is 1. The molecule has 0 heterocycles. The summed E-state index contributed by atoms with van der Waals surface area (Å²) in [5, 5.41) is 18.4. The van der Waals surface area contributed by atoms with Crippen LogP contribution in [0.1, 0.15) is 34.1 Å². The normalized spacial score (nSPS) is 17.5. The number of hydrogen-bond acceptors (Lipinski definition) is 2. The molecule has 0 bridgehead atoms. The number of rotatable bonds is 3. The van der Waals surface area contributed by atoms with Crippen molar-refractivity contribution in [2.45, 2.75) is 39.7 Å². The number of aliphatic hydroxyl groups is 1. The molecule has 11 heavy (non-hydrogen) atoms. The van der Waals surface area contributed by atoms with Gasteiger partial charge in [0.15, 0.2) is 0 Å². The molecular weight excluding hydrogens is 144 g/mol. The Hall–Kier alpha value is -0.570. The summed E-state index contributed by atoms with van der Waals surface area (Å²) >= 11 is 0. The summed E-state index contributed by atoms with van der Waals surface area (Å²) in [6.45, 7) is 6.36. The Balaban J connectivity index is 4.67. The Morgan fingerprint density at radius 2 is 1.73 bits per heavy atom. The highest BCUT2D eigenvalue weighted by Gasteiger charge is 2.44. The van der Waals surface area contributed by atoms with Gasteiger partial charge in [0.25, 0.3) is 0 Å². The van der Waals surface area contributed by atoms with Gasteiger partial charge in [-0.3, -0.25) is 4.79 Å². The summed E-state index contributed by atoms with van der Waals surface area (Å²) in [5.41, 5.74) is -2.22. The number of aliphatic carboxylic acids is 1. The van der Waals surface area contributed by atoms with E-state index in [0.717, 1.165) is 0 Å². The van der Waals surface area contributed by atoms with Crippen LogP contribution in [0.25, 0.3) is 0 Å². The highest BCUT2D eigenvalue weighted by atomic mass is 16.4. The van der Waals surface area contributed by atoms with E-state index in [1.807, 2.05) is 0 Å². The number of carboxylic acid groups (broad SMARTS) is 1. The van der Waals surface area contributed by atoms with Gasteiger partial charge in [-0.1, -0.05) is 6.92 Å². The molecule has 0 aliphatic heterocycles. The van der Waals surface area contributed by atoms with E-state index >= 15 is 0 Å². The second-order valence-corrected chi connectivity index (χ2v) is 3.56. The van der Waals surface area contributed by atoms with Gasteiger partial charge in [0.05, 0.1) is 11.0 Å². The Bertz CT molecular complexity index is 159. The van der Waals surface area contributed by atoms with Gasteiger partial charge in [0.2, 0.25) is 0 Å². The molecular formula is C8H16O3. The third kappa shape index (κ3) is 1.71. The molecule has 1 atom stereocenters. The molecule has 66 valence electrons. The molecule has 0 aliphatic rings. The number of carboxylic acids is 1. The lowest BCUT2D eigenvalue weighted by atomic mass is 9.74. The molecule has 0 spiro atoms. The minimum atomic E-state index is -1.14. The Kier molecular flexibility index (Phi) is 2.67. The van der Waals surface area contributed by atoms with Crippen molar-refractivity contribution < 1.29 is 15.0 Å². The number of hydrogen-bond donors (Lipinski definition) is 2. The van der Waals surface area contributed by atoms with E-state index in [9.17, 15) is 9.90 Å². The van der Waals surface area contributed by atoms with Crippen molar-refractivity contribution in [1.82, 2.24) is 0 Å². The lowest BCUT2D eigenvalue weighted by Gasteiger charge is -2.35. The van der Waals surface area contributed by atoms with Gasteiger partial charge in [0, 0.05) is 0 Å². The van der Waals surface area contributed by atoms with E-state index in [1.165, 1.54) is 13.8 Å². The minimum Gasteiger partial charge on any atom is -0.481 e. The Morgan fingerprint density at radius 1 is 1.36 bits per heavy atom. The van der Waals surface area contributed by atoms with Gasteiger partial charge in [-0.15, -0.1) is 0 Å². The molecule has 0 rings (SSSR count). The van der Waals surface area contributed by atoms with Crippen molar-refractivity contribution >= 4 is 5.97 Å². The van der Waals surface area contributed by atoms with Gasteiger partial charge in [-0.25, -0.2) is 0 Å². The molecule has 3 heteroatoms. The first-order valence-electron chi connectivity index (χ1n) is 3.71. The van der Waals surface area contributed by atoms with Crippen molar-refractivity contribution in [3.05, 3.63) is 0 Å². The maximum absolute atomic E-state index is 10.7. The predicted octanol–water partition coefficient (Wildman–Crippen LogP) is 1.26. The van der Waals surface area contributed by atoms with Crippen LogP contribution in [0.4, 0.5) is 0 Å². The summed E-state index contributed by atoms with van der Waals surface area (Å²) in [6, 6.07) is 0. The standard InChI is InChI=1S/C8H16O3/c1-5-8(4,11)7(2,3)6(9)10/h11H,5H2,1-4H3,(H,9,10). The molecule has 0 saturated heterocycles. The molecule has 3 nitrogen and oxygen atoms in total. The third-order valence-corrected chi connectivity index (χ3v) is 2.57. The molecule has 0 aromatic heterocycles. The first-order chi connectivity index (χ1) is 4.75. The molecule has 2 N–H and O–H groups in total. The summed E-state index contributed by atoms with van der Waals surface area (Å²) in [5.74, 6) is -0.968. The Morgan fingerprint density at radius 3 is 1.82 bits per heavy atom. The van der Waals surface area contributed by atoms with Crippen LogP contribution >= 0.6 is 0 Å². The van der Waals surface area contributed by atoms with Gasteiger partial charge in [0.1, 0.15) is 0 Å². The molecule has 0 aliphatic carbocycles. The van der Waals surface area contributed by atoms with E-state index in [-0.39, 0.29) is 0 Å². The molecule has 0 fully saturated rings. The minimum absolute atomic E-state index is 0.437. The maximum atomic E-state index is 10.7. The summed E-state index contributed by atoms with van der Waals surface area (Å²) in [7, 11) is 0. The lowest BCUT2D eigenvalue weighted by Crippen LogP contribution is -2.46.